The van der Waals surface area contributed by atoms with Gasteiger partial charge in [0.25, 0.3) is 0 Å². The zero-order valence-corrected chi connectivity index (χ0v) is 17.6. The van der Waals surface area contributed by atoms with Crippen LogP contribution in [-0.2, 0) is 5.41 Å². The fourth-order valence-corrected chi connectivity index (χ4v) is 3.22. The zero-order valence-electron chi connectivity index (χ0n) is 17.6. The van der Waals surface area contributed by atoms with Crippen LogP contribution in [0, 0.1) is 35.8 Å². The fourth-order valence-electron chi connectivity index (χ4n) is 3.22. The highest BCUT2D eigenvalue weighted by Gasteiger charge is 2.28. The normalized spacial score (nSPS) is 10.6. The fraction of sp³-hybridized carbons (Fsp3) is 0.130. The lowest BCUT2D eigenvalue weighted by atomic mass is 9.84. The second-order valence-electron chi connectivity index (χ2n) is 7.45. The van der Waals surface area contributed by atoms with Gasteiger partial charge in [-0.2, -0.15) is 15.6 Å². The van der Waals surface area contributed by atoms with Gasteiger partial charge < -0.3 is 4.85 Å². The third-order valence-electron chi connectivity index (χ3n) is 5.06. The molecule has 0 bridgehead atoms. The van der Waals surface area contributed by atoms with E-state index >= 15 is 0 Å². The highest BCUT2D eigenvalue weighted by Crippen LogP contribution is 2.30. The number of hydrogen-bond acceptors (Lipinski definition) is 6. The first-order chi connectivity index (χ1) is 15.9. The second kappa shape index (κ2) is 8.07. The molecule has 0 aliphatic rings. The molecule has 156 valence electrons. The summed E-state index contributed by atoms with van der Waals surface area (Å²) in [5.41, 5.74) is 1.15. The summed E-state index contributed by atoms with van der Waals surface area (Å²) in [6.07, 6.45) is 2.95. The monoisotopic (exact) mass is 430 g/mol. The van der Waals surface area contributed by atoms with Crippen LogP contribution in [0.2, 0.25) is 0 Å². The Morgan fingerprint density at radius 1 is 0.848 bits per heavy atom. The van der Waals surface area contributed by atoms with Gasteiger partial charge >= 0.3 is 5.82 Å². The van der Waals surface area contributed by atoms with Crippen molar-refractivity contribution in [1.29, 1.82) is 10.5 Å². The minimum atomic E-state index is -0.631. The number of nitrogens with zero attached hydrogens (tertiary/aromatic N) is 10. The molecule has 0 saturated carbocycles. The molecule has 0 aliphatic carbocycles. The third kappa shape index (κ3) is 3.65. The van der Waals surface area contributed by atoms with Gasteiger partial charge in [0.05, 0.1) is 30.2 Å². The van der Waals surface area contributed by atoms with Crippen LogP contribution >= 0.6 is 0 Å². The molecule has 0 radical (unpaired) electrons. The van der Waals surface area contributed by atoms with Crippen LogP contribution in [-0.4, -0.2) is 29.5 Å². The van der Waals surface area contributed by atoms with Crippen LogP contribution in [0.4, 0.5) is 11.5 Å². The molecule has 10 heteroatoms. The van der Waals surface area contributed by atoms with Crippen molar-refractivity contribution < 1.29 is 0 Å². The molecule has 4 heterocycles. The number of nitriles is 2. The number of rotatable bonds is 4. The Bertz CT molecular complexity index is 1360. The van der Waals surface area contributed by atoms with Crippen LogP contribution in [0.5, 0.6) is 0 Å². The van der Waals surface area contributed by atoms with E-state index in [9.17, 15) is 10.5 Å². The van der Waals surface area contributed by atoms with Gasteiger partial charge in [0, 0.05) is 11.6 Å². The van der Waals surface area contributed by atoms with Crippen molar-refractivity contribution in [1.82, 2.24) is 29.5 Å². The van der Waals surface area contributed by atoms with E-state index in [1.54, 1.807) is 12.1 Å². The largest absolute Gasteiger partial charge is 0.358 e. The third-order valence-corrected chi connectivity index (χ3v) is 5.06. The molecule has 0 saturated heterocycles. The summed E-state index contributed by atoms with van der Waals surface area (Å²) in [6, 6.07) is 14.7. The smallest absolute Gasteiger partial charge is 0.313 e. The minimum absolute atomic E-state index is 0.0214. The van der Waals surface area contributed by atoms with Gasteiger partial charge in [-0.3, -0.25) is 0 Å². The van der Waals surface area contributed by atoms with E-state index in [1.165, 1.54) is 21.8 Å². The SMILES string of the molecule is [C-]#[N+]c1cn(-c2cccc(C(C)(C)c3cccc(-n4cc(C#N)c([N+]#[C-])n4)n3)n2)nc1C#N. The van der Waals surface area contributed by atoms with E-state index in [1.807, 2.05) is 50.3 Å². The van der Waals surface area contributed by atoms with Gasteiger partial charge in [-0.15, -0.1) is 4.68 Å². The average molecular weight is 430 g/mol. The maximum atomic E-state index is 9.20. The van der Waals surface area contributed by atoms with Gasteiger partial charge in [0.15, 0.2) is 17.3 Å². The summed E-state index contributed by atoms with van der Waals surface area (Å²) in [7, 11) is 0. The van der Waals surface area contributed by atoms with Gasteiger partial charge in [0.2, 0.25) is 5.69 Å². The summed E-state index contributed by atoms with van der Waals surface area (Å²) in [6.45, 7) is 18.3. The predicted molar refractivity (Wildman–Crippen MR) is 117 cm³/mol. The maximum Gasteiger partial charge on any atom is 0.313 e. The molecule has 0 fully saturated rings. The van der Waals surface area contributed by atoms with Crippen LogP contribution in [0.1, 0.15) is 36.5 Å². The molecule has 0 aliphatic heterocycles. The van der Waals surface area contributed by atoms with Crippen molar-refractivity contribution in [2.24, 2.45) is 0 Å². The molecule has 10 nitrogen and oxygen atoms in total. The van der Waals surface area contributed by atoms with Gasteiger partial charge in [-0.05, 0) is 43.2 Å². The molecular formula is C23H14N10. The second-order valence-corrected chi connectivity index (χ2v) is 7.45. The molecule has 0 aromatic carbocycles. The quantitative estimate of drug-likeness (QED) is 0.451. The topological polar surface area (TPSA) is 118 Å². The molecule has 4 aromatic rings. The summed E-state index contributed by atoms with van der Waals surface area (Å²) in [4.78, 5) is 16.0. The minimum Gasteiger partial charge on any atom is -0.358 e. The molecular weight excluding hydrogens is 416 g/mol. The van der Waals surface area contributed by atoms with E-state index in [4.69, 9.17) is 23.1 Å². The molecule has 4 rings (SSSR count). The lowest BCUT2D eigenvalue weighted by Crippen LogP contribution is -2.23. The Morgan fingerprint density at radius 3 is 1.91 bits per heavy atom. The van der Waals surface area contributed by atoms with Crippen molar-refractivity contribution in [2.75, 3.05) is 0 Å². The molecule has 0 atom stereocenters. The Balaban J connectivity index is 1.74. The van der Waals surface area contributed by atoms with E-state index in [-0.39, 0.29) is 22.8 Å². The number of aromatic nitrogens is 6. The van der Waals surface area contributed by atoms with Crippen LogP contribution in [0.3, 0.4) is 0 Å². The van der Waals surface area contributed by atoms with Crippen molar-refractivity contribution in [2.45, 2.75) is 19.3 Å². The van der Waals surface area contributed by atoms with E-state index < -0.39 is 5.41 Å². The summed E-state index contributed by atoms with van der Waals surface area (Å²) in [5, 5.41) is 26.7. The van der Waals surface area contributed by atoms with Gasteiger partial charge in [-0.1, -0.05) is 18.7 Å². The molecule has 0 spiro atoms. The molecule has 0 N–H and O–H groups in total. The maximum absolute atomic E-state index is 9.20. The van der Waals surface area contributed by atoms with Crippen molar-refractivity contribution >= 4 is 11.5 Å². The standard InChI is InChI=1S/C23H14N10/c1-23(2,18-7-5-9-20(28-18)32-13-15(11-24)22(27-4)31-32)19-8-6-10-21(29-19)33-14-17(26-3)16(12-25)30-33/h5-10,13-14H,1-2H3. The molecule has 0 unspecified atom stereocenters. The highest BCUT2D eigenvalue weighted by molar-refractivity contribution is 5.55. The lowest BCUT2D eigenvalue weighted by Gasteiger charge is -2.24. The van der Waals surface area contributed by atoms with E-state index in [0.29, 0.717) is 23.0 Å². The Kier molecular flexibility index (Phi) is 5.12. The first-order valence-corrected chi connectivity index (χ1v) is 9.61. The summed E-state index contributed by atoms with van der Waals surface area (Å²) < 4.78 is 2.82. The molecule has 0 amide bonds. The summed E-state index contributed by atoms with van der Waals surface area (Å²) >= 11 is 0. The first-order valence-electron chi connectivity index (χ1n) is 9.61. The Hall–Kier alpha value is -5.32. The first kappa shape index (κ1) is 20.9. The number of pyridine rings is 2. The molecule has 4 aromatic heterocycles. The van der Waals surface area contributed by atoms with Crippen molar-refractivity contribution in [3.63, 3.8) is 0 Å². The Morgan fingerprint density at radius 2 is 1.45 bits per heavy atom. The molecule has 33 heavy (non-hydrogen) atoms. The zero-order chi connectivity index (χ0) is 23.6. The van der Waals surface area contributed by atoms with Gasteiger partial charge in [-0.25, -0.2) is 19.5 Å². The lowest BCUT2D eigenvalue weighted by molar-refractivity contribution is 0.588. The van der Waals surface area contributed by atoms with Crippen LogP contribution in [0.25, 0.3) is 21.3 Å². The van der Waals surface area contributed by atoms with E-state index in [0.717, 1.165) is 0 Å². The van der Waals surface area contributed by atoms with Crippen molar-refractivity contribution in [3.8, 4) is 23.8 Å². The summed E-state index contributed by atoms with van der Waals surface area (Å²) in [5.74, 6) is 0.958. The van der Waals surface area contributed by atoms with Gasteiger partial charge in [0.1, 0.15) is 11.6 Å². The number of hydrogen-bond donors (Lipinski definition) is 0. The average Bonchev–Trinajstić information content (AvgIpc) is 3.48. The van der Waals surface area contributed by atoms with Crippen LogP contribution in [0.15, 0.2) is 48.8 Å². The van der Waals surface area contributed by atoms with Crippen molar-refractivity contribution in [3.05, 3.63) is 94.3 Å². The van der Waals surface area contributed by atoms with E-state index in [2.05, 4.69) is 19.9 Å². The predicted octanol–water partition coefficient (Wildman–Crippen LogP) is 4.02. The highest BCUT2D eigenvalue weighted by atomic mass is 15.3. The Labute approximate surface area is 189 Å². The van der Waals surface area contributed by atoms with Crippen LogP contribution < -0.4 is 0 Å².